The summed E-state index contributed by atoms with van der Waals surface area (Å²) in [6.45, 7) is 1.26. The zero-order valence-electron chi connectivity index (χ0n) is 9.33. The summed E-state index contributed by atoms with van der Waals surface area (Å²) in [5, 5.41) is 17.2. The number of Topliss-reactive ketones (excluding diaryl/α,β-unsaturated/α-hetero) is 1. The fourth-order valence-corrected chi connectivity index (χ4v) is 2.25. The van der Waals surface area contributed by atoms with Gasteiger partial charge in [0.2, 0.25) is 0 Å². The SMILES string of the molecule is CC(CO)(CC(=O)CC(=O)O)C(Cl)CC(Cl)Cl. The molecule has 0 spiro atoms. The fourth-order valence-electron chi connectivity index (χ4n) is 1.39. The van der Waals surface area contributed by atoms with E-state index in [1.807, 2.05) is 0 Å². The van der Waals surface area contributed by atoms with E-state index in [4.69, 9.17) is 39.9 Å². The normalized spacial score (nSPS) is 16.6. The van der Waals surface area contributed by atoms with Crippen molar-refractivity contribution in [2.75, 3.05) is 6.61 Å². The standard InChI is InChI=1S/C10H15Cl3O4/c1-10(5-14,7(11)3-8(12)13)4-6(15)2-9(16)17/h7-8,14H,2-5H2,1H3,(H,16,17). The molecule has 0 aromatic rings. The number of aliphatic hydroxyl groups is 1. The first-order valence-corrected chi connectivity index (χ1v) is 6.28. The maximum Gasteiger partial charge on any atom is 0.310 e. The average Bonchev–Trinajstić information content (AvgIpc) is 2.14. The number of carboxylic acid groups (broad SMARTS) is 1. The van der Waals surface area contributed by atoms with Gasteiger partial charge in [-0.15, -0.1) is 34.8 Å². The summed E-state index contributed by atoms with van der Waals surface area (Å²) in [6.07, 6.45) is -0.489. The quantitative estimate of drug-likeness (QED) is 0.532. The predicted octanol–water partition coefficient (Wildman–Crippen LogP) is 2.22. The molecule has 0 saturated carbocycles. The largest absolute Gasteiger partial charge is 0.481 e. The lowest BCUT2D eigenvalue weighted by Gasteiger charge is -2.31. The van der Waals surface area contributed by atoms with Gasteiger partial charge in [0.1, 0.15) is 17.0 Å². The zero-order valence-corrected chi connectivity index (χ0v) is 11.6. The van der Waals surface area contributed by atoms with Crippen molar-refractivity contribution >= 4 is 46.6 Å². The Morgan fingerprint density at radius 1 is 1.29 bits per heavy atom. The fraction of sp³-hybridized carbons (Fsp3) is 0.800. The third kappa shape index (κ3) is 6.46. The number of hydrogen-bond donors (Lipinski definition) is 2. The van der Waals surface area contributed by atoms with Gasteiger partial charge in [-0.1, -0.05) is 6.92 Å². The van der Waals surface area contributed by atoms with Crippen LogP contribution in [0.5, 0.6) is 0 Å². The number of aliphatic carboxylic acids is 1. The van der Waals surface area contributed by atoms with Crippen LogP contribution < -0.4 is 0 Å². The minimum atomic E-state index is -1.20. The van der Waals surface area contributed by atoms with E-state index in [2.05, 4.69) is 0 Å². The lowest BCUT2D eigenvalue weighted by molar-refractivity contribution is -0.140. The molecule has 4 nitrogen and oxygen atoms in total. The van der Waals surface area contributed by atoms with Crippen LogP contribution in [0.1, 0.15) is 26.2 Å². The number of carbonyl (C=O) groups excluding carboxylic acids is 1. The van der Waals surface area contributed by atoms with Crippen molar-refractivity contribution in [2.24, 2.45) is 5.41 Å². The summed E-state index contributed by atoms with van der Waals surface area (Å²) < 4.78 is 0. The first kappa shape index (κ1) is 17.0. The third-order valence-corrected chi connectivity index (χ3v) is 3.51. The van der Waals surface area contributed by atoms with Crippen LogP contribution in [0.25, 0.3) is 0 Å². The minimum Gasteiger partial charge on any atom is -0.481 e. The summed E-state index contributed by atoms with van der Waals surface area (Å²) in [4.78, 5) is 21.1. The Balaban J connectivity index is 4.55. The molecule has 0 saturated heterocycles. The molecule has 17 heavy (non-hydrogen) atoms. The zero-order chi connectivity index (χ0) is 13.6. The van der Waals surface area contributed by atoms with Crippen molar-refractivity contribution in [1.82, 2.24) is 0 Å². The molecule has 0 rings (SSSR count). The van der Waals surface area contributed by atoms with Crippen molar-refractivity contribution in [3.05, 3.63) is 0 Å². The highest BCUT2D eigenvalue weighted by Gasteiger charge is 2.35. The second-order valence-electron chi connectivity index (χ2n) is 4.19. The van der Waals surface area contributed by atoms with Gasteiger partial charge < -0.3 is 10.2 Å². The maximum absolute atomic E-state index is 11.4. The van der Waals surface area contributed by atoms with Gasteiger partial charge in [0.25, 0.3) is 0 Å². The molecule has 0 heterocycles. The first-order chi connectivity index (χ1) is 7.71. The Morgan fingerprint density at radius 3 is 2.18 bits per heavy atom. The highest BCUT2D eigenvalue weighted by molar-refractivity contribution is 6.44. The number of aliphatic hydroxyl groups excluding tert-OH is 1. The molecule has 100 valence electrons. The molecular weight excluding hydrogens is 290 g/mol. The van der Waals surface area contributed by atoms with Gasteiger partial charge in [0.05, 0.1) is 6.61 Å². The van der Waals surface area contributed by atoms with Crippen LogP contribution in [0.2, 0.25) is 0 Å². The summed E-state index contributed by atoms with van der Waals surface area (Å²) >= 11 is 17.2. The summed E-state index contributed by atoms with van der Waals surface area (Å²) in [6, 6.07) is 0. The maximum atomic E-state index is 11.4. The van der Waals surface area contributed by atoms with Gasteiger partial charge in [-0.25, -0.2) is 0 Å². The number of rotatable bonds is 8. The number of ketones is 1. The van der Waals surface area contributed by atoms with Crippen LogP contribution in [-0.2, 0) is 9.59 Å². The highest BCUT2D eigenvalue weighted by Crippen LogP contribution is 2.34. The van der Waals surface area contributed by atoms with E-state index in [0.717, 1.165) is 0 Å². The van der Waals surface area contributed by atoms with E-state index in [0.29, 0.717) is 0 Å². The summed E-state index contributed by atoms with van der Waals surface area (Å²) in [7, 11) is 0. The lowest BCUT2D eigenvalue weighted by Crippen LogP contribution is -2.36. The Hall–Kier alpha value is -0.0300. The molecule has 0 aliphatic carbocycles. The minimum absolute atomic E-state index is 0.121. The third-order valence-electron chi connectivity index (χ3n) is 2.45. The predicted molar refractivity (Wildman–Crippen MR) is 66.8 cm³/mol. The topological polar surface area (TPSA) is 74.6 Å². The van der Waals surface area contributed by atoms with Crippen LogP contribution in [0.3, 0.4) is 0 Å². The lowest BCUT2D eigenvalue weighted by atomic mass is 9.80. The van der Waals surface area contributed by atoms with Gasteiger partial charge in [-0.2, -0.15) is 0 Å². The molecule has 0 fully saturated rings. The molecule has 0 amide bonds. The summed E-state index contributed by atoms with van der Waals surface area (Å²) in [5.74, 6) is -1.69. The van der Waals surface area contributed by atoms with Crippen LogP contribution in [-0.4, -0.2) is 38.8 Å². The van der Waals surface area contributed by atoms with Gasteiger partial charge in [-0.05, 0) is 6.42 Å². The molecule has 0 aliphatic heterocycles. The monoisotopic (exact) mass is 304 g/mol. The van der Waals surface area contributed by atoms with Crippen molar-refractivity contribution in [3.63, 3.8) is 0 Å². The van der Waals surface area contributed by atoms with E-state index < -0.39 is 33.8 Å². The van der Waals surface area contributed by atoms with Crippen LogP contribution in [0, 0.1) is 5.41 Å². The number of carbonyl (C=O) groups is 2. The average molecular weight is 306 g/mol. The van der Waals surface area contributed by atoms with Crippen LogP contribution in [0.15, 0.2) is 0 Å². The molecule has 7 heteroatoms. The molecular formula is C10H15Cl3O4. The second-order valence-corrected chi connectivity index (χ2v) is 6.00. The van der Waals surface area contributed by atoms with Crippen molar-refractivity contribution in [1.29, 1.82) is 0 Å². The number of carboxylic acids is 1. The molecule has 0 aromatic carbocycles. The van der Waals surface area contributed by atoms with Crippen molar-refractivity contribution in [3.8, 4) is 0 Å². The van der Waals surface area contributed by atoms with Crippen molar-refractivity contribution in [2.45, 2.75) is 36.4 Å². The molecule has 0 bridgehead atoms. The van der Waals surface area contributed by atoms with Gasteiger partial charge in [-0.3, -0.25) is 9.59 Å². The Bertz CT molecular complexity index is 283. The Kier molecular flexibility index (Phi) is 7.40. The Labute approximate surface area is 115 Å². The summed E-state index contributed by atoms with van der Waals surface area (Å²) in [5.41, 5.74) is -0.921. The van der Waals surface area contributed by atoms with Gasteiger partial charge >= 0.3 is 5.97 Å². The molecule has 0 aliphatic rings. The van der Waals surface area contributed by atoms with Gasteiger partial charge in [0, 0.05) is 17.2 Å². The Morgan fingerprint density at radius 2 is 1.82 bits per heavy atom. The van der Waals surface area contributed by atoms with Crippen LogP contribution in [0.4, 0.5) is 0 Å². The number of alkyl halides is 3. The van der Waals surface area contributed by atoms with E-state index in [1.165, 1.54) is 0 Å². The van der Waals surface area contributed by atoms with E-state index in [1.54, 1.807) is 6.92 Å². The molecule has 0 radical (unpaired) electrons. The molecule has 2 atom stereocenters. The smallest absolute Gasteiger partial charge is 0.310 e. The van der Waals surface area contributed by atoms with E-state index in [9.17, 15) is 14.7 Å². The first-order valence-electron chi connectivity index (χ1n) is 4.98. The molecule has 2 N–H and O–H groups in total. The second kappa shape index (κ2) is 7.41. The van der Waals surface area contributed by atoms with Gasteiger partial charge in [0.15, 0.2) is 0 Å². The molecule has 0 aromatic heterocycles. The van der Waals surface area contributed by atoms with E-state index in [-0.39, 0.29) is 19.4 Å². The highest BCUT2D eigenvalue weighted by atomic mass is 35.5. The number of hydrogen-bond acceptors (Lipinski definition) is 3. The number of halogens is 3. The van der Waals surface area contributed by atoms with Crippen LogP contribution >= 0.6 is 34.8 Å². The van der Waals surface area contributed by atoms with Crippen molar-refractivity contribution < 1.29 is 19.8 Å². The molecule has 2 unspecified atom stereocenters. The van der Waals surface area contributed by atoms with E-state index >= 15 is 0 Å².